The number of hydrogen-bond donors (Lipinski definition) is 2. The quantitative estimate of drug-likeness (QED) is 0.225. The second-order valence-corrected chi connectivity index (χ2v) is 6.34. The van der Waals surface area contributed by atoms with Crippen molar-refractivity contribution in [1.82, 2.24) is 5.32 Å². The van der Waals surface area contributed by atoms with Gasteiger partial charge in [-0.15, -0.1) is 0 Å². The van der Waals surface area contributed by atoms with Crippen LogP contribution in [0.5, 0.6) is 0 Å². The summed E-state index contributed by atoms with van der Waals surface area (Å²) >= 11 is 0. The van der Waals surface area contributed by atoms with E-state index >= 15 is 0 Å². The predicted octanol–water partition coefficient (Wildman–Crippen LogP) is 2.76. The molecule has 0 aromatic carbocycles. The van der Waals surface area contributed by atoms with Gasteiger partial charge in [0.25, 0.3) is 0 Å². The van der Waals surface area contributed by atoms with E-state index in [1.807, 2.05) is 27.7 Å². The number of ether oxygens (including phenoxy) is 1. The number of aliphatic imine (C=N–C) groups is 1. The third-order valence-corrected chi connectivity index (χ3v) is 2.55. The lowest BCUT2D eigenvalue weighted by atomic mass is 10.1. The molecule has 21 heavy (non-hydrogen) atoms. The van der Waals surface area contributed by atoms with Crippen molar-refractivity contribution in [2.75, 3.05) is 13.1 Å². The molecule has 0 amide bonds. The Hall–Kier alpha value is -1.52. The van der Waals surface area contributed by atoms with Gasteiger partial charge in [0.2, 0.25) is 0 Å². The molecule has 122 valence electrons. The van der Waals surface area contributed by atoms with Gasteiger partial charge in [0.15, 0.2) is 5.96 Å². The molecule has 5 heteroatoms. The van der Waals surface area contributed by atoms with E-state index in [-0.39, 0.29) is 11.6 Å². The van der Waals surface area contributed by atoms with Gasteiger partial charge in [-0.1, -0.05) is 25.0 Å². The van der Waals surface area contributed by atoms with Gasteiger partial charge in [-0.25, -0.2) is 4.99 Å². The highest BCUT2D eigenvalue weighted by Crippen LogP contribution is 2.10. The molecule has 3 N–H and O–H groups in total. The maximum Gasteiger partial charge on any atom is 0.306 e. The minimum absolute atomic E-state index is 0.114. The first-order chi connectivity index (χ1) is 9.70. The average molecular weight is 297 g/mol. The summed E-state index contributed by atoms with van der Waals surface area (Å²) in [7, 11) is 0. The standard InChI is InChI=1S/C16H31N3O2/c1-13(2)12-19-15(17)18-11-9-7-6-8-10-14(20)21-16(3,4)5/h1,6-12H2,2-5H3,(H3,17,18,19). The van der Waals surface area contributed by atoms with Crippen LogP contribution in [0.25, 0.3) is 0 Å². The third-order valence-electron chi connectivity index (χ3n) is 2.55. The maximum atomic E-state index is 11.5. The van der Waals surface area contributed by atoms with E-state index in [0.29, 0.717) is 18.9 Å². The van der Waals surface area contributed by atoms with Crippen LogP contribution in [0.1, 0.15) is 59.8 Å². The van der Waals surface area contributed by atoms with Crippen LogP contribution in [0.4, 0.5) is 0 Å². The number of nitrogens with one attached hydrogen (secondary N) is 1. The Balaban J connectivity index is 3.51. The summed E-state index contributed by atoms with van der Waals surface area (Å²) in [6.07, 6.45) is 4.45. The maximum absolute atomic E-state index is 11.5. The highest BCUT2D eigenvalue weighted by molar-refractivity contribution is 5.77. The van der Waals surface area contributed by atoms with Crippen LogP contribution in [-0.4, -0.2) is 30.6 Å². The summed E-state index contributed by atoms with van der Waals surface area (Å²) in [6.45, 7) is 12.7. The van der Waals surface area contributed by atoms with Crippen molar-refractivity contribution >= 4 is 11.9 Å². The van der Waals surface area contributed by atoms with Crippen molar-refractivity contribution in [1.29, 1.82) is 0 Å². The minimum Gasteiger partial charge on any atom is -0.460 e. The number of hydrogen-bond acceptors (Lipinski definition) is 3. The summed E-state index contributed by atoms with van der Waals surface area (Å²) in [5.41, 5.74) is 6.30. The average Bonchev–Trinajstić information content (AvgIpc) is 2.33. The fourth-order valence-electron chi connectivity index (χ4n) is 1.63. The number of esters is 1. The van der Waals surface area contributed by atoms with Gasteiger partial charge in [0, 0.05) is 13.0 Å². The van der Waals surface area contributed by atoms with E-state index in [9.17, 15) is 4.79 Å². The van der Waals surface area contributed by atoms with Crippen LogP contribution in [-0.2, 0) is 9.53 Å². The molecule has 0 heterocycles. The molecule has 5 nitrogen and oxygen atoms in total. The van der Waals surface area contributed by atoms with Crippen molar-refractivity contribution in [3.8, 4) is 0 Å². The Morgan fingerprint density at radius 2 is 1.86 bits per heavy atom. The van der Waals surface area contributed by atoms with Gasteiger partial charge in [-0.05, 0) is 40.5 Å². The highest BCUT2D eigenvalue weighted by atomic mass is 16.6. The van der Waals surface area contributed by atoms with Crippen LogP contribution in [0.2, 0.25) is 0 Å². The second-order valence-electron chi connectivity index (χ2n) is 6.34. The molecule has 0 radical (unpaired) electrons. The van der Waals surface area contributed by atoms with E-state index in [0.717, 1.165) is 37.8 Å². The lowest BCUT2D eigenvalue weighted by Crippen LogP contribution is -2.32. The number of unbranched alkanes of at least 4 members (excludes halogenated alkanes) is 3. The fraction of sp³-hybridized carbons (Fsp3) is 0.750. The first kappa shape index (κ1) is 19.5. The van der Waals surface area contributed by atoms with E-state index in [1.165, 1.54) is 0 Å². The van der Waals surface area contributed by atoms with E-state index in [4.69, 9.17) is 10.5 Å². The SMILES string of the molecule is C=C(C)CN=C(N)NCCCCCCC(=O)OC(C)(C)C. The number of guanidine groups is 1. The lowest BCUT2D eigenvalue weighted by molar-refractivity contribution is -0.154. The minimum atomic E-state index is -0.387. The van der Waals surface area contributed by atoms with Crippen LogP contribution in [0, 0.1) is 0 Å². The second kappa shape index (κ2) is 10.2. The molecule has 0 aromatic heterocycles. The van der Waals surface area contributed by atoms with E-state index in [2.05, 4.69) is 16.9 Å². The van der Waals surface area contributed by atoms with Crippen molar-refractivity contribution in [2.24, 2.45) is 10.7 Å². The topological polar surface area (TPSA) is 76.7 Å². The molecule has 0 aliphatic rings. The van der Waals surface area contributed by atoms with Crippen molar-refractivity contribution < 1.29 is 9.53 Å². The fourth-order valence-corrected chi connectivity index (χ4v) is 1.63. The molecule has 0 saturated carbocycles. The van der Waals surface area contributed by atoms with Crippen molar-refractivity contribution in [2.45, 2.75) is 65.4 Å². The van der Waals surface area contributed by atoms with Crippen molar-refractivity contribution in [3.63, 3.8) is 0 Å². The summed E-state index contributed by atoms with van der Waals surface area (Å²) in [5, 5.41) is 3.06. The van der Waals surface area contributed by atoms with Gasteiger partial charge < -0.3 is 15.8 Å². The Labute approximate surface area is 129 Å². The normalized spacial score (nSPS) is 12.1. The Morgan fingerprint density at radius 3 is 2.43 bits per heavy atom. The van der Waals surface area contributed by atoms with Crippen LogP contribution >= 0.6 is 0 Å². The van der Waals surface area contributed by atoms with Gasteiger partial charge in [0.05, 0.1) is 6.54 Å². The molecule has 0 rings (SSSR count). The summed E-state index contributed by atoms with van der Waals surface area (Å²) in [5.74, 6) is 0.351. The summed E-state index contributed by atoms with van der Waals surface area (Å²) in [4.78, 5) is 15.6. The lowest BCUT2D eigenvalue weighted by Gasteiger charge is -2.19. The van der Waals surface area contributed by atoms with Gasteiger partial charge in [0.1, 0.15) is 5.60 Å². The first-order valence-electron chi connectivity index (χ1n) is 7.61. The monoisotopic (exact) mass is 297 g/mol. The zero-order chi connectivity index (χ0) is 16.3. The molecule has 0 saturated heterocycles. The third kappa shape index (κ3) is 14.7. The van der Waals surface area contributed by atoms with Crippen LogP contribution in [0.15, 0.2) is 17.1 Å². The molecule has 0 aliphatic heterocycles. The van der Waals surface area contributed by atoms with Gasteiger partial charge in [-0.3, -0.25) is 4.79 Å². The molecular formula is C16H31N3O2. The van der Waals surface area contributed by atoms with E-state index in [1.54, 1.807) is 0 Å². The number of rotatable bonds is 9. The number of nitrogens with zero attached hydrogens (tertiary/aromatic N) is 1. The summed E-state index contributed by atoms with van der Waals surface area (Å²) in [6, 6.07) is 0. The Kier molecular flexibility index (Phi) is 9.50. The van der Waals surface area contributed by atoms with Crippen LogP contribution in [0.3, 0.4) is 0 Å². The first-order valence-corrected chi connectivity index (χ1v) is 7.61. The smallest absolute Gasteiger partial charge is 0.306 e. The molecule has 0 bridgehead atoms. The zero-order valence-corrected chi connectivity index (χ0v) is 14.0. The molecular weight excluding hydrogens is 266 g/mol. The number of nitrogens with two attached hydrogens (primary N) is 1. The summed E-state index contributed by atoms with van der Waals surface area (Å²) < 4.78 is 5.25. The number of carbonyl (C=O) groups excluding carboxylic acids is 1. The Bertz CT molecular complexity index is 357. The molecule has 0 aromatic rings. The molecule has 0 atom stereocenters. The molecule has 0 spiro atoms. The largest absolute Gasteiger partial charge is 0.460 e. The predicted molar refractivity (Wildman–Crippen MR) is 88.2 cm³/mol. The number of carbonyl (C=O) groups is 1. The molecule has 0 fully saturated rings. The van der Waals surface area contributed by atoms with Crippen LogP contribution < -0.4 is 11.1 Å². The molecule has 0 unspecified atom stereocenters. The van der Waals surface area contributed by atoms with Gasteiger partial charge in [-0.2, -0.15) is 0 Å². The highest BCUT2D eigenvalue weighted by Gasteiger charge is 2.15. The zero-order valence-electron chi connectivity index (χ0n) is 14.0. The van der Waals surface area contributed by atoms with E-state index < -0.39 is 0 Å². The Morgan fingerprint density at radius 1 is 1.24 bits per heavy atom. The molecule has 0 aliphatic carbocycles. The van der Waals surface area contributed by atoms with Gasteiger partial charge >= 0.3 is 5.97 Å². The van der Waals surface area contributed by atoms with Crippen molar-refractivity contribution in [3.05, 3.63) is 12.2 Å².